The minimum Gasteiger partial charge on any atom is -0.488 e. The molecule has 0 aliphatic heterocycles. The van der Waals surface area contributed by atoms with Crippen LogP contribution in [-0.2, 0) is 14.9 Å². The molecule has 3 aromatic rings. The fraction of sp³-hybridized carbons (Fsp3) is 0.292. The van der Waals surface area contributed by atoms with Gasteiger partial charge in [-0.3, -0.25) is 0 Å². The van der Waals surface area contributed by atoms with Crippen LogP contribution in [0.25, 0.3) is 21.5 Å². The van der Waals surface area contributed by atoms with E-state index in [2.05, 4.69) is 45.5 Å². The highest BCUT2D eigenvalue weighted by atomic mass is 16.6. The molecule has 1 atom stereocenters. The molecule has 4 nitrogen and oxygen atoms in total. The molecule has 0 spiro atoms. The van der Waals surface area contributed by atoms with E-state index in [0.717, 1.165) is 33.4 Å². The Balaban J connectivity index is 2.11. The van der Waals surface area contributed by atoms with E-state index >= 15 is 0 Å². The lowest BCUT2D eigenvalue weighted by Gasteiger charge is -2.23. The van der Waals surface area contributed by atoms with Gasteiger partial charge in [0.25, 0.3) is 0 Å². The van der Waals surface area contributed by atoms with Crippen molar-refractivity contribution in [2.45, 2.75) is 32.3 Å². The molecule has 4 heteroatoms. The lowest BCUT2D eigenvalue weighted by molar-refractivity contribution is -0.146. The molecule has 0 bridgehead atoms. The number of benzene rings is 3. The number of ether oxygens (including phenoxy) is 2. The van der Waals surface area contributed by atoms with E-state index in [1.54, 1.807) is 0 Å². The summed E-state index contributed by atoms with van der Waals surface area (Å²) in [5, 5.41) is 13.7. The van der Waals surface area contributed by atoms with Gasteiger partial charge in [0.15, 0.2) is 6.10 Å². The third-order valence-electron chi connectivity index (χ3n) is 4.73. The fourth-order valence-electron chi connectivity index (χ4n) is 3.37. The molecule has 3 rings (SSSR count). The first-order chi connectivity index (χ1) is 13.3. The molecule has 1 N–H and O–H groups in total. The van der Waals surface area contributed by atoms with E-state index < -0.39 is 12.1 Å². The van der Waals surface area contributed by atoms with Crippen LogP contribution in [0.4, 0.5) is 0 Å². The number of carbonyl (C=O) groups is 1. The minimum absolute atomic E-state index is 0.0215. The van der Waals surface area contributed by atoms with Gasteiger partial charge in [0.2, 0.25) is 0 Å². The molecule has 146 valence electrons. The van der Waals surface area contributed by atoms with Gasteiger partial charge in [0.05, 0.1) is 6.61 Å². The highest BCUT2D eigenvalue weighted by Crippen LogP contribution is 2.39. The Bertz CT molecular complexity index is 1010. The normalized spacial score (nSPS) is 12.7. The maximum absolute atomic E-state index is 11.5. The van der Waals surface area contributed by atoms with Crippen LogP contribution < -0.4 is 4.74 Å². The average Bonchev–Trinajstić information content (AvgIpc) is 2.68. The molecule has 28 heavy (non-hydrogen) atoms. The monoisotopic (exact) mass is 378 g/mol. The predicted octanol–water partition coefficient (Wildman–Crippen LogP) is 4.76. The summed E-state index contributed by atoms with van der Waals surface area (Å²) in [6.07, 6.45) is 0.316. The Kier molecular flexibility index (Phi) is 5.71. The van der Waals surface area contributed by atoms with Crippen molar-refractivity contribution in [3.8, 4) is 5.75 Å². The van der Waals surface area contributed by atoms with Gasteiger partial charge in [-0.2, -0.15) is 0 Å². The number of rotatable bonds is 6. The molecule has 0 amide bonds. The Hall–Kier alpha value is -2.85. The topological polar surface area (TPSA) is 55.8 Å². The van der Waals surface area contributed by atoms with Crippen LogP contribution in [0.3, 0.4) is 0 Å². The molecule has 0 aromatic heterocycles. The number of aliphatic hydroxyl groups excluding tert-OH is 1. The Morgan fingerprint density at radius 1 is 1.11 bits per heavy atom. The highest BCUT2D eigenvalue weighted by molar-refractivity contribution is 6.06. The summed E-state index contributed by atoms with van der Waals surface area (Å²) in [5.74, 6) is 0.146. The van der Waals surface area contributed by atoms with Crippen molar-refractivity contribution in [3.05, 3.63) is 66.7 Å². The zero-order valence-corrected chi connectivity index (χ0v) is 16.6. The first-order valence-corrected chi connectivity index (χ1v) is 9.37. The Labute approximate surface area is 165 Å². The standard InChI is InChI=1S/C24H26O4/c1-5-22(26)28-17(14-25)15-27-23-18-10-7-6-9-16(18)13-20-19(23)11-8-12-21(20)24(2,3)4/h5-13,17,25H,1,14-15H2,2-4H3. The fourth-order valence-corrected chi connectivity index (χ4v) is 3.37. The van der Waals surface area contributed by atoms with E-state index in [4.69, 9.17) is 9.47 Å². The van der Waals surface area contributed by atoms with Gasteiger partial charge in [-0.15, -0.1) is 0 Å². The average molecular weight is 378 g/mol. The molecule has 0 saturated carbocycles. The van der Waals surface area contributed by atoms with Gasteiger partial charge >= 0.3 is 5.97 Å². The van der Waals surface area contributed by atoms with Gasteiger partial charge in [-0.1, -0.05) is 69.8 Å². The van der Waals surface area contributed by atoms with E-state index in [9.17, 15) is 9.90 Å². The van der Waals surface area contributed by atoms with Crippen molar-refractivity contribution in [1.82, 2.24) is 0 Å². The number of carbonyl (C=O) groups excluding carboxylic acids is 1. The predicted molar refractivity (Wildman–Crippen MR) is 113 cm³/mol. The maximum Gasteiger partial charge on any atom is 0.330 e. The largest absolute Gasteiger partial charge is 0.488 e. The van der Waals surface area contributed by atoms with Crippen molar-refractivity contribution in [2.24, 2.45) is 0 Å². The lowest BCUT2D eigenvalue weighted by Crippen LogP contribution is -2.28. The summed E-state index contributed by atoms with van der Waals surface area (Å²) in [6.45, 7) is 9.68. The van der Waals surface area contributed by atoms with E-state index in [1.165, 1.54) is 5.56 Å². The summed E-state index contributed by atoms with van der Waals surface area (Å²) in [7, 11) is 0. The van der Waals surface area contributed by atoms with Gasteiger partial charge in [-0.05, 0) is 27.8 Å². The van der Waals surface area contributed by atoms with E-state index in [-0.39, 0.29) is 18.6 Å². The second-order valence-electron chi connectivity index (χ2n) is 7.83. The third-order valence-corrected chi connectivity index (χ3v) is 4.73. The van der Waals surface area contributed by atoms with Gasteiger partial charge in [-0.25, -0.2) is 4.79 Å². The van der Waals surface area contributed by atoms with E-state index in [0.29, 0.717) is 0 Å². The molecule has 0 radical (unpaired) electrons. The minimum atomic E-state index is -0.759. The van der Waals surface area contributed by atoms with Gasteiger partial charge in [0, 0.05) is 16.8 Å². The summed E-state index contributed by atoms with van der Waals surface area (Å²) >= 11 is 0. The molecule has 0 aliphatic carbocycles. The van der Waals surface area contributed by atoms with Gasteiger partial charge < -0.3 is 14.6 Å². The van der Waals surface area contributed by atoms with Crippen molar-refractivity contribution in [2.75, 3.05) is 13.2 Å². The molecule has 0 fully saturated rings. The molecular weight excluding hydrogens is 352 g/mol. The molecule has 0 aliphatic rings. The lowest BCUT2D eigenvalue weighted by atomic mass is 9.83. The Morgan fingerprint density at radius 3 is 2.50 bits per heavy atom. The van der Waals surface area contributed by atoms with Crippen LogP contribution in [0.1, 0.15) is 26.3 Å². The van der Waals surface area contributed by atoms with Crippen LogP contribution in [0.5, 0.6) is 5.75 Å². The smallest absolute Gasteiger partial charge is 0.330 e. The maximum atomic E-state index is 11.5. The van der Waals surface area contributed by atoms with Crippen LogP contribution in [0, 0.1) is 0 Å². The first-order valence-electron chi connectivity index (χ1n) is 9.37. The molecule has 3 aromatic carbocycles. The van der Waals surface area contributed by atoms with Crippen molar-refractivity contribution in [3.63, 3.8) is 0 Å². The SMILES string of the molecule is C=CC(=O)OC(CO)COc1c2ccccc2cc2c(C(C)(C)C)cccc12. The highest BCUT2D eigenvalue weighted by Gasteiger charge is 2.20. The number of aliphatic hydroxyl groups is 1. The molecular formula is C24H26O4. The zero-order valence-electron chi connectivity index (χ0n) is 16.6. The number of hydrogen-bond acceptors (Lipinski definition) is 4. The number of esters is 1. The van der Waals surface area contributed by atoms with Crippen LogP contribution >= 0.6 is 0 Å². The summed E-state index contributed by atoms with van der Waals surface area (Å²) in [4.78, 5) is 11.5. The van der Waals surface area contributed by atoms with Crippen LogP contribution in [0.2, 0.25) is 0 Å². The number of fused-ring (bicyclic) bond motifs is 2. The second-order valence-corrected chi connectivity index (χ2v) is 7.83. The van der Waals surface area contributed by atoms with Crippen molar-refractivity contribution in [1.29, 1.82) is 0 Å². The van der Waals surface area contributed by atoms with Crippen LogP contribution in [-0.4, -0.2) is 30.4 Å². The molecule has 1 unspecified atom stereocenters. The number of hydrogen-bond donors (Lipinski definition) is 1. The van der Waals surface area contributed by atoms with E-state index in [1.807, 2.05) is 30.3 Å². The molecule has 0 heterocycles. The first kappa shape index (κ1) is 19.9. The van der Waals surface area contributed by atoms with Crippen LogP contribution in [0.15, 0.2) is 61.2 Å². The van der Waals surface area contributed by atoms with Crippen molar-refractivity contribution >= 4 is 27.5 Å². The third kappa shape index (κ3) is 4.02. The van der Waals surface area contributed by atoms with Gasteiger partial charge in [0.1, 0.15) is 12.4 Å². The van der Waals surface area contributed by atoms with Crippen molar-refractivity contribution < 1.29 is 19.4 Å². The zero-order chi connectivity index (χ0) is 20.3. The summed E-state index contributed by atoms with van der Waals surface area (Å²) < 4.78 is 11.3. The second kappa shape index (κ2) is 8.03. The quantitative estimate of drug-likeness (QED) is 0.382. The Morgan fingerprint density at radius 2 is 1.82 bits per heavy atom. The molecule has 0 saturated heterocycles. The summed E-state index contributed by atoms with van der Waals surface area (Å²) in [5.41, 5.74) is 1.21. The summed E-state index contributed by atoms with van der Waals surface area (Å²) in [6, 6.07) is 16.4.